The fraction of sp³-hybridized carbons (Fsp3) is 0.500. The van der Waals surface area contributed by atoms with Crippen LogP contribution in [0.5, 0.6) is 0 Å². The lowest BCUT2D eigenvalue weighted by molar-refractivity contribution is 0.338. The van der Waals surface area contributed by atoms with Gasteiger partial charge in [-0.3, -0.25) is 0 Å². The van der Waals surface area contributed by atoms with Crippen LogP contribution in [0.25, 0.3) is 0 Å². The van der Waals surface area contributed by atoms with E-state index in [4.69, 9.17) is 0 Å². The van der Waals surface area contributed by atoms with E-state index in [2.05, 4.69) is 10.8 Å². The number of hydrogen-bond acceptors (Lipinski definition) is 3. The smallest absolute Gasteiger partial charge is 0.207 e. The van der Waals surface area contributed by atoms with Gasteiger partial charge in [0, 0.05) is 0 Å². The first-order valence-corrected chi connectivity index (χ1v) is 7.98. The predicted molar refractivity (Wildman–Crippen MR) is 72.9 cm³/mol. The molecule has 0 amide bonds. The molecule has 0 unspecified atom stereocenters. The molecule has 1 saturated carbocycles. The number of nitriles is 1. The highest BCUT2D eigenvalue weighted by atomic mass is 32.2. The Labute approximate surface area is 114 Å². The SMILES string of the molecule is Cc1ccc(S(=O)(=O)NC2(C#N)CCCCC2)cc1. The molecule has 0 spiro atoms. The maximum Gasteiger partial charge on any atom is 0.241 e. The van der Waals surface area contributed by atoms with Crippen molar-refractivity contribution in [2.45, 2.75) is 49.5 Å². The normalized spacial score (nSPS) is 18.7. The summed E-state index contributed by atoms with van der Waals surface area (Å²) in [6, 6.07) is 8.83. The van der Waals surface area contributed by atoms with E-state index in [-0.39, 0.29) is 4.90 Å². The number of hydrogen-bond donors (Lipinski definition) is 1. The van der Waals surface area contributed by atoms with Crippen LogP contribution in [0.15, 0.2) is 29.2 Å². The molecule has 0 saturated heterocycles. The van der Waals surface area contributed by atoms with Crippen molar-refractivity contribution in [3.63, 3.8) is 0 Å². The Balaban J connectivity index is 2.25. The third-order valence-electron chi connectivity index (χ3n) is 3.58. The molecule has 0 atom stereocenters. The molecule has 102 valence electrons. The van der Waals surface area contributed by atoms with Crippen molar-refractivity contribution < 1.29 is 8.42 Å². The zero-order valence-corrected chi connectivity index (χ0v) is 11.8. The van der Waals surface area contributed by atoms with Crippen LogP contribution in [0.4, 0.5) is 0 Å². The standard InChI is InChI=1S/C14H18N2O2S/c1-12-5-7-13(8-6-12)19(17,18)16-14(11-15)9-3-2-4-10-14/h5-8,16H,2-4,9-10H2,1H3. The lowest BCUT2D eigenvalue weighted by Gasteiger charge is -2.31. The average molecular weight is 278 g/mol. The first kappa shape index (κ1) is 14.0. The summed E-state index contributed by atoms with van der Waals surface area (Å²) in [6.45, 7) is 1.90. The van der Waals surface area contributed by atoms with E-state index in [0.717, 1.165) is 24.8 Å². The van der Waals surface area contributed by atoms with E-state index in [0.29, 0.717) is 12.8 Å². The highest BCUT2D eigenvalue weighted by molar-refractivity contribution is 7.89. The predicted octanol–water partition coefficient (Wildman–Crippen LogP) is 2.50. The van der Waals surface area contributed by atoms with Gasteiger partial charge in [0.05, 0.1) is 11.0 Å². The van der Waals surface area contributed by atoms with Crippen LogP contribution >= 0.6 is 0 Å². The van der Waals surface area contributed by atoms with Gasteiger partial charge in [-0.05, 0) is 31.9 Å². The summed E-state index contributed by atoms with van der Waals surface area (Å²) in [7, 11) is -3.62. The lowest BCUT2D eigenvalue weighted by atomic mass is 9.84. The molecule has 1 N–H and O–H groups in total. The summed E-state index contributed by atoms with van der Waals surface area (Å²) < 4.78 is 27.2. The summed E-state index contributed by atoms with van der Waals surface area (Å²) >= 11 is 0. The van der Waals surface area contributed by atoms with Crippen molar-refractivity contribution in [1.82, 2.24) is 4.72 Å². The van der Waals surface area contributed by atoms with Crippen LogP contribution < -0.4 is 4.72 Å². The second-order valence-corrected chi connectivity index (χ2v) is 6.86. The largest absolute Gasteiger partial charge is 0.241 e. The van der Waals surface area contributed by atoms with Gasteiger partial charge in [0.1, 0.15) is 5.54 Å². The third kappa shape index (κ3) is 3.14. The minimum Gasteiger partial charge on any atom is -0.207 e. The number of aryl methyl sites for hydroxylation is 1. The first-order valence-electron chi connectivity index (χ1n) is 6.49. The van der Waals surface area contributed by atoms with Gasteiger partial charge in [0.15, 0.2) is 0 Å². The fourth-order valence-corrected chi connectivity index (χ4v) is 3.80. The second-order valence-electron chi connectivity index (χ2n) is 5.17. The highest BCUT2D eigenvalue weighted by Crippen LogP contribution is 2.29. The minimum atomic E-state index is -3.62. The number of rotatable bonds is 3. The number of benzene rings is 1. The molecular formula is C14H18N2O2S. The first-order chi connectivity index (χ1) is 8.97. The molecule has 1 aliphatic carbocycles. The quantitative estimate of drug-likeness (QED) is 0.923. The molecule has 19 heavy (non-hydrogen) atoms. The summed E-state index contributed by atoms with van der Waals surface area (Å²) in [4.78, 5) is 0.221. The van der Waals surface area contributed by atoms with E-state index in [9.17, 15) is 13.7 Å². The number of nitrogens with one attached hydrogen (secondary N) is 1. The summed E-state index contributed by atoms with van der Waals surface area (Å²) in [5, 5.41) is 9.32. The Kier molecular flexibility index (Phi) is 3.93. The topological polar surface area (TPSA) is 70.0 Å². The molecule has 1 fully saturated rings. The van der Waals surface area contributed by atoms with Crippen LogP contribution in [0.1, 0.15) is 37.7 Å². The third-order valence-corrected chi connectivity index (χ3v) is 5.13. The van der Waals surface area contributed by atoms with Gasteiger partial charge in [0.25, 0.3) is 0 Å². The Morgan fingerprint density at radius 3 is 2.26 bits per heavy atom. The molecule has 0 heterocycles. The zero-order valence-electron chi connectivity index (χ0n) is 11.0. The molecule has 5 heteroatoms. The van der Waals surface area contributed by atoms with Gasteiger partial charge >= 0.3 is 0 Å². The molecule has 1 aromatic rings. The molecule has 4 nitrogen and oxygen atoms in total. The van der Waals surface area contributed by atoms with Gasteiger partial charge < -0.3 is 0 Å². The van der Waals surface area contributed by atoms with Crippen LogP contribution in [-0.4, -0.2) is 14.0 Å². The van der Waals surface area contributed by atoms with Crippen molar-refractivity contribution in [2.75, 3.05) is 0 Å². The molecule has 0 aliphatic heterocycles. The van der Waals surface area contributed by atoms with Gasteiger partial charge in [-0.2, -0.15) is 9.98 Å². The zero-order chi connectivity index (χ0) is 13.9. The molecule has 1 aliphatic rings. The number of nitrogens with zero attached hydrogens (tertiary/aromatic N) is 1. The minimum absolute atomic E-state index is 0.221. The molecule has 0 radical (unpaired) electrons. The Hall–Kier alpha value is -1.38. The van der Waals surface area contributed by atoms with Gasteiger partial charge in [0.2, 0.25) is 10.0 Å². The summed E-state index contributed by atoms with van der Waals surface area (Å²) in [5.41, 5.74) is 0.0775. The van der Waals surface area contributed by atoms with Crippen LogP contribution in [-0.2, 0) is 10.0 Å². The monoisotopic (exact) mass is 278 g/mol. The average Bonchev–Trinajstić information content (AvgIpc) is 2.40. The van der Waals surface area contributed by atoms with Crippen molar-refractivity contribution >= 4 is 10.0 Å². The van der Waals surface area contributed by atoms with E-state index >= 15 is 0 Å². The molecule has 1 aromatic carbocycles. The molecular weight excluding hydrogens is 260 g/mol. The van der Waals surface area contributed by atoms with Crippen molar-refractivity contribution in [2.24, 2.45) is 0 Å². The van der Waals surface area contributed by atoms with E-state index in [1.165, 1.54) is 0 Å². The van der Waals surface area contributed by atoms with Crippen molar-refractivity contribution in [3.05, 3.63) is 29.8 Å². The highest BCUT2D eigenvalue weighted by Gasteiger charge is 2.36. The van der Waals surface area contributed by atoms with E-state index in [1.54, 1.807) is 24.3 Å². The maximum absolute atomic E-state index is 12.3. The van der Waals surface area contributed by atoms with E-state index in [1.807, 2.05) is 6.92 Å². The van der Waals surface area contributed by atoms with Gasteiger partial charge in [-0.25, -0.2) is 8.42 Å². The van der Waals surface area contributed by atoms with Crippen LogP contribution in [0, 0.1) is 18.3 Å². The maximum atomic E-state index is 12.3. The second kappa shape index (κ2) is 5.32. The Morgan fingerprint density at radius 1 is 1.16 bits per heavy atom. The fourth-order valence-electron chi connectivity index (χ4n) is 2.43. The van der Waals surface area contributed by atoms with Gasteiger partial charge in [-0.15, -0.1) is 0 Å². The van der Waals surface area contributed by atoms with Crippen LogP contribution in [0.3, 0.4) is 0 Å². The van der Waals surface area contributed by atoms with E-state index < -0.39 is 15.6 Å². The van der Waals surface area contributed by atoms with Crippen LogP contribution in [0.2, 0.25) is 0 Å². The summed E-state index contributed by atoms with van der Waals surface area (Å²) in [6.07, 6.45) is 4.03. The lowest BCUT2D eigenvalue weighted by Crippen LogP contribution is -2.48. The molecule has 2 rings (SSSR count). The summed E-state index contributed by atoms with van der Waals surface area (Å²) in [5.74, 6) is 0. The van der Waals surface area contributed by atoms with Crippen molar-refractivity contribution in [3.8, 4) is 6.07 Å². The van der Waals surface area contributed by atoms with Gasteiger partial charge in [-0.1, -0.05) is 37.0 Å². The Bertz CT molecular complexity index is 579. The Morgan fingerprint density at radius 2 is 1.74 bits per heavy atom. The molecule has 0 aromatic heterocycles. The molecule has 0 bridgehead atoms. The number of sulfonamides is 1. The van der Waals surface area contributed by atoms with Crippen molar-refractivity contribution in [1.29, 1.82) is 5.26 Å².